The molecule has 1 aliphatic carbocycles. The molecule has 2 atom stereocenters. The van der Waals surface area contributed by atoms with Crippen molar-refractivity contribution in [3.8, 4) is 0 Å². The fourth-order valence-corrected chi connectivity index (χ4v) is 1.58. The van der Waals surface area contributed by atoms with Crippen molar-refractivity contribution < 1.29 is 4.79 Å². The van der Waals surface area contributed by atoms with Gasteiger partial charge in [-0.05, 0) is 18.8 Å². The molecule has 0 bridgehead atoms. The minimum Gasteiger partial charge on any atom is -0.370 e. The zero-order valence-corrected chi connectivity index (χ0v) is 7.27. The van der Waals surface area contributed by atoms with Gasteiger partial charge in [0.05, 0.1) is 0 Å². The molecule has 0 saturated heterocycles. The predicted molar refractivity (Wildman–Crippen MR) is 46.4 cm³/mol. The summed E-state index contributed by atoms with van der Waals surface area (Å²) in [7, 11) is 0. The van der Waals surface area contributed by atoms with Gasteiger partial charge in [-0.1, -0.05) is 6.42 Å². The third-order valence-electron chi connectivity index (χ3n) is 2.18. The van der Waals surface area contributed by atoms with E-state index in [4.69, 9.17) is 11.5 Å². The van der Waals surface area contributed by atoms with Crippen molar-refractivity contribution >= 4 is 18.3 Å². The Morgan fingerprint density at radius 2 is 2.09 bits per heavy atom. The topological polar surface area (TPSA) is 69.1 Å². The maximum atomic E-state index is 10.5. The molecule has 0 spiro atoms. The first-order valence-corrected chi connectivity index (χ1v) is 3.74. The maximum absolute atomic E-state index is 10.5. The lowest BCUT2D eigenvalue weighted by Gasteiger charge is -2.11. The van der Waals surface area contributed by atoms with Crippen LogP contribution in [0.2, 0.25) is 0 Å². The summed E-state index contributed by atoms with van der Waals surface area (Å²) in [6, 6.07) is 0.215. The Bertz CT molecular complexity index is 140. The molecule has 0 aromatic heterocycles. The van der Waals surface area contributed by atoms with Crippen LogP contribution in [0.1, 0.15) is 25.7 Å². The standard InChI is InChI=1S/C7H14N2O.ClH/c8-6-3-1-2-5(6)4-7(9)10;/h5-6H,1-4,8H2,(H2,9,10);1H/t5-,6+;/m0./s1. The Morgan fingerprint density at radius 3 is 2.45 bits per heavy atom. The lowest BCUT2D eigenvalue weighted by molar-refractivity contribution is -0.118. The molecule has 1 rings (SSSR count). The van der Waals surface area contributed by atoms with E-state index < -0.39 is 0 Å². The van der Waals surface area contributed by atoms with Crippen LogP contribution in [0.3, 0.4) is 0 Å². The molecule has 4 heteroatoms. The number of carbonyl (C=O) groups excluding carboxylic acids is 1. The largest absolute Gasteiger partial charge is 0.370 e. The number of carbonyl (C=O) groups is 1. The fourth-order valence-electron chi connectivity index (χ4n) is 1.58. The van der Waals surface area contributed by atoms with Gasteiger partial charge in [0.25, 0.3) is 0 Å². The van der Waals surface area contributed by atoms with Crippen molar-refractivity contribution in [2.24, 2.45) is 17.4 Å². The second-order valence-corrected chi connectivity index (χ2v) is 3.03. The van der Waals surface area contributed by atoms with Crippen LogP contribution in [0, 0.1) is 5.92 Å². The highest BCUT2D eigenvalue weighted by molar-refractivity contribution is 5.85. The molecule has 0 unspecified atom stereocenters. The summed E-state index contributed by atoms with van der Waals surface area (Å²) in [5.41, 5.74) is 10.8. The Kier molecular flexibility index (Phi) is 4.45. The average molecular weight is 179 g/mol. The highest BCUT2D eigenvalue weighted by atomic mass is 35.5. The molecule has 1 amide bonds. The van der Waals surface area contributed by atoms with E-state index in [2.05, 4.69) is 0 Å². The van der Waals surface area contributed by atoms with E-state index in [-0.39, 0.29) is 24.4 Å². The predicted octanol–water partition coefficient (Wildman–Crippen LogP) is 0.411. The number of rotatable bonds is 2. The lowest BCUT2D eigenvalue weighted by atomic mass is 10.0. The highest BCUT2D eigenvalue weighted by Gasteiger charge is 2.24. The van der Waals surface area contributed by atoms with Crippen molar-refractivity contribution in [2.45, 2.75) is 31.7 Å². The van der Waals surface area contributed by atoms with Gasteiger partial charge >= 0.3 is 0 Å². The Hall–Kier alpha value is -0.280. The van der Waals surface area contributed by atoms with Gasteiger partial charge in [-0.15, -0.1) is 12.4 Å². The molecule has 0 radical (unpaired) electrons. The molecular weight excluding hydrogens is 164 g/mol. The third kappa shape index (κ3) is 3.08. The molecule has 0 aromatic carbocycles. The molecule has 3 nitrogen and oxygen atoms in total. The molecule has 1 aliphatic rings. The number of halogens is 1. The van der Waals surface area contributed by atoms with Gasteiger partial charge in [0.2, 0.25) is 5.91 Å². The minimum atomic E-state index is -0.220. The number of hydrogen-bond acceptors (Lipinski definition) is 2. The van der Waals surface area contributed by atoms with Crippen LogP contribution in [0.15, 0.2) is 0 Å². The van der Waals surface area contributed by atoms with E-state index >= 15 is 0 Å². The van der Waals surface area contributed by atoms with Crippen LogP contribution in [-0.2, 0) is 4.79 Å². The third-order valence-corrected chi connectivity index (χ3v) is 2.18. The van der Waals surface area contributed by atoms with Crippen molar-refractivity contribution in [1.82, 2.24) is 0 Å². The first kappa shape index (κ1) is 10.7. The summed E-state index contributed by atoms with van der Waals surface area (Å²) in [6.07, 6.45) is 3.75. The molecule has 0 aliphatic heterocycles. The molecule has 66 valence electrons. The van der Waals surface area contributed by atoms with E-state index in [0.29, 0.717) is 12.3 Å². The minimum absolute atomic E-state index is 0. The molecule has 0 heterocycles. The van der Waals surface area contributed by atoms with Crippen LogP contribution in [0.5, 0.6) is 0 Å². The van der Waals surface area contributed by atoms with E-state index in [9.17, 15) is 4.79 Å². The second kappa shape index (κ2) is 4.57. The first-order chi connectivity index (χ1) is 4.70. The van der Waals surface area contributed by atoms with Gasteiger partial charge in [-0.2, -0.15) is 0 Å². The Morgan fingerprint density at radius 1 is 1.45 bits per heavy atom. The smallest absolute Gasteiger partial charge is 0.217 e. The normalized spacial score (nSPS) is 29.5. The monoisotopic (exact) mass is 178 g/mol. The van der Waals surface area contributed by atoms with Gasteiger partial charge in [0.15, 0.2) is 0 Å². The summed E-state index contributed by atoms with van der Waals surface area (Å²) >= 11 is 0. The summed E-state index contributed by atoms with van der Waals surface area (Å²) in [6.45, 7) is 0. The molecular formula is C7H15ClN2O. The van der Waals surface area contributed by atoms with E-state index in [1.807, 2.05) is 0 Å². The van der Waals surface area contributed by atoms with Crippen molar-refractivity contribution in [3.05, 3.63) is 0 Å². The van der Waals surface area contributed by atoms with Gasteiger partial charge in [-0.3, -0.25) is 4.79 Å². The van der Waals surface area contributed by atoms with Crippen LogP contribution in [0.25, 0.3) is 0 Å². The quantitative estimate of drug-likeness (QED) is 0.643. The zero-order valence-electron chi connectivity index (χ0n) is 6.45. The molecule has 1 fully saturated rings. The lowest BCUT2D eigenvalue weighted by Crippen LogP contribution is -2.28. The summed E-state index contributed by atoms with van der Waals surface area (Å²) in [4.78, 5) is 10.5. The zero-order chi connectivity index (χ0) is 7.56. The van der Waals surface area contributed by atoms with Crippen molar-refractivity contribution in [3.63, 3.8) is 0 Å². The van der Waals surface area contributed by atoms with E-state index in [0.717, 1.165) is 19.3 Å². The average Bonchev–Trinajstić information content (AvgIpc) is 2.15. The Labute approximate surface area is 72.9 Å². The number of amides is 1. The number of primary amides is 1. The van der Waals surface area contributed by atoms with Crippen LogP contribution in [-0.4, -0.2) is 11.9 Å². The van der Waals surface area contributed by atoms with Gasteiger partial charge in [0.1, 0.15) is 0 Å². The van der Waals surface area contributed by atoms with E-state index in [1.54, 1.807) is 0 Å². The number of hydrogen-bond donors (Lipinski definition) is 2. The van der Waals surface area contributed by atoms with Crippen LogP contribution in [0.4, 0.5) is 0 Å². The van der Waals surface area contributed by atoms with Gasteiger partial charge < -0.3 is 11.5 Å². The maximum Gasteiger partial charge on any atom is 0.217 e. The second-order valence-electron chi connectivity index (χ2n) is 3.03. The number of nitrogens with two attached hydrogens (primary N) is 2. The SMILES string of the molecule is Cl.NC(=O)C[C@@H]1CCC[C@H]1N. The fraction of sp³-hybridized carbons (Fsp3) is 0.857. The summed E-state index contributed by atoms with van der Waals surface area (Å²) < 4.78 is 0. The van der Waals surface area contributed by atoms with Crippen molar-refractivity contribution in [1.29, 1.82) is 0 Å². The first-order valence-electron chi connectivity index (χ1n) is 3.74. The van der Waals surface area contributed by atoms with Crippen molar-refractivity contribution in [2.75, 3.05) is 0 Å². The summed E-state index contributed by atoms with van der Waals surface area (Å²) in [5.74, 6) is 0.139. The highest BCUT2D eigenvalue weighted by Crippen LogP contribution is 2.26. The molecule has 11 heavy (non-hydrogen) atoms. The molecule has 4 N–H and O–H groups in total. The van der Waals surface area contributed by atoms with Crippen LogP contribution < -0.4 is 11.5 Å². The van der Waals surface area contributed by atoms with Gasteiger partial charge in [0, 0.05) is 12.5 Å². The Balaban J connectivity index is 0.000001000. The van der Waals surface area contributed by atoms with Crippen LogP contribution >= 0.6 is 12.4 Å². The molecule has 0 aromatic rings. The van der Waals surface area contributed by atoms with E-state index in [1.165, 1.54) is 0 Å². The molecule has 1 saturated carbocycles. The van der Waals surface area contributed by atoms with Gasteiger partial charge in [-0.25, -0.2) is 0 Å². The summed E-state index contributed by atoms with van der Waals surface area (Å²) in [5, 5.41) is 0.